The third-order valence-electron chi connectivity index (χ3n) is 2.55. The highest BCUT2D eigenvalue weighted by Crippen LogP contribution is 2.19. The van der Waals surface area contributed by atoms with Gasteiger partial charge < -0.3 is 15.4 Å². The Kier molecular flexibility index (Phi) is 3.25. The van der Waals surface area contributed by atoms with Crippen LogP contribution in [-0.4, -0.2) is 28.0 Å². The predicted molar refractivity (Wildman–Crippen MR) is 67.9 cm³/mol. The lowest BCUT2D eigenvalue weighted by atomic mass is 10.2. The van der Waals surface area contributed by atoms with Crippen molar-refractivity contribution in [2.45, 2.75) is 13.0 Å². The highest BCUT2D eigenvalue weighted by Gasteiger charge is 2.16. The highest BCUT2D eigenvalue weighted by molar-refractivity contribution is 6.31. The van der Waals surface area contributed by atoms with E-state index in [0.717, 1.165) is 10.9 Å². The number of aliphatic carboxylic acids is 1. The van der Waals surface area contributed by atoms with Crippen LogP contribution >= 0.6 is 11.6 Å². The lowest BCUT2D eigenvalue weighted by Gasteiger charge is -2.07. The van der Waals surface area contributed by atoms with Gasteiger partial charge in [0.25, 0.3) is 5.91 Å². The zero-order valence-corrected chi connectivity index (χ0v) is 10.3. The van der Waals surface area contributed by atoms with Crippen molar-refractivity contribution in [2.24, 2.45) is 0 Å². The van der Waals surface area contributed by atoms with Crippen molar-refractivity contribution in [1.82, 2.24) is 10.3 Å². The van der Waals surface area contributed by atoms with Crippen LogP contribution in [0, 0.1) is 0 Å². The Hall–Kier alpha value is -2.01. The molecule has 2 aromatic rings. The molecule has 3 N–H and O–H groups in total. The second-order valence-electron chi connectivity index (χ2n) is 3.95. The molecule has 1 aromatic carbocycles. The third kappa shape index (κ3) is 2.46. The molecule has 0 aliphatic heterocycles. The van der Waals surface area contributed by atoms with Crippen molar-refractivity contribution >= 4 is 34.4 Å². The van der Waals surface area contributed by atoms with Crippen LogP contribution < -0.4 is 5.32 Å². The van der Waals surface area contributed by atoms with Crippen molar-refractivity contribution in [3.8, 4) is 0 Å². The number of carboxylic acid groups (broad SMARTS) is 1. The lowest BCUT2D eigenvalue weighted by Crippen LogP contribution is -2.38. The minimum absolute atomic E-state index is 0.306. The van der Waals surface area contributed by atoms with Crippen molar-refractivity contribution < 1.29 is 14.7 Å². The first kappa shape index (κ1) is 12.4. The van der Waals surface area contributed by atoms with Gasteiger partial charge in [0.2, 0.25) is 0 Å². The number of amides is 1. The van der Waals surface area contributed by atoms with Crippen LogP contribution in [0.15, 0.2) is 24.3 Å². The molecule has 1 aromatic heterocycles. The molecule has 0 spiro atoms. The van der Waals surface area contributed by atoms with Crippen LogP contribution in [0.25, 0.3) is 10.9 Å². The standard InChI is InChI=1S/C12H11ClN2O3/c1-6(12(17)18)14-11(16)10-4-7-2-3-8(13)5-9(7)15-10/h2-6,15H,1H3,(H,14,16)(H,17,18)/t6-/m0/s1. The summed E-state index contributed by atoms with van der Waals surface area (Å²) in [4.78, 5) is 25.3. The van der Waals surface area contributed by atoms with E-state index < -0.39 is 17.9 Å². The fraction of sp³-hybridized carbons (Fsp3) is 0.167. The number of halogens is 1. The van der Waals surface area contributed by atoms with Crippen LogP contribution in [-0.2, 0) is 4.79 Å². The van der Waals surface area contributed by atoms with Gasteiger partial charge in [-0.15, -0.1) is 0 Å². The average molecular weight is 267 g/mol. The Labute approximate surface area is 108 Å². The Morgan fingerprint density at radius 1 is 1.39 bits per heavy atom. The SMILES string of the molecule is C[C@H](NC(=O)c1cc2ccc(Cl)cc2[nH]1)C(=O)O. The Balaban J connectivity index is 2.26. The molecule has 6 heteroatoms. The quantitative estimate of drug-likeness (QED) is 0.795. The summed E-state index contributed by atoms with van der Waals surface area (Å²) in [5.41, 5.74) is 1.04. The predicted octanol–water partition coefficient (Wildman–Crippen LogP) is 2.02. The number of aromatic amines is 1. The van der Waals surface area contributed by atoms with Gasteiger partial charge in [0, 0.05) is 15.9 Å². The topological polar surface area (TPSA) is 82.2 Å². The minimum atomic E-state index is -1.08. The summed E-state index contributed by atoms with van der Waals surface area (Å²) in [5, 5.41) is 12.5. The number of fused-ring (bicyclic) bond motifs is 1. The monoisotopic (exact) mass is 266 g/mol. The van der Waals surface area contributed by atoms with Gasteiger partial charge in [-0.25, -0.2) is 0 Å². The van der Waals surface area contributed by atoms with Crippen LogP contribution in [0.2, 0.25) is 5.02 Å². The lowest BCUT2D eigenvalue weighted by molar-refractivity contribution is -0.138. The van der Waals surface area contributed by atoms with E-state index >= 15 is 0 Å². The molecule has 1 amide bonds. The molecule has 0 saturated heterocycles. The molecular formula is C12H11ClN2O3. The molecule has 2 rings (SSSR count). The molecule has 1 heterocycles. The van der Waals surface area contributed by atoms with Crippen LogP contribution in [0.4, 0.5) is 0 Å². The van der Waals surface area contributed by atoms with Crippen molar-refractivity contribution in [2.75, 3.05) is 0 Å². The third-order valence-corrected chi connectivity index (χ3v) is 2.78. The first-order valence-electron chi connectivity index (χ1n) is 5.29. The summed E-state index contributed by atoms with van der Waals surface area (Å²) in [5.74, 6) is -1.54. The van der Waals surface area contributed by atoms with Crippen molar-refractivity contribution in [1.29, 1.82) is 0 Å². The van der Waals surface area contributed by atoms with Gasteiger partial charge in [0.1, 0.15) is 11.7 Å². The summed E-state index contributed by atoms with van der Waals surface area (Å²) in [7, 11) is 0. The van der Waals surface area contributed by atoms with Crippen molar-refractivity contribution in [3.05, 3.63) is 35.0 Å². The number of hydrogen-bond donors (Lipinski definition) is 3. The maximum absolute atomic E-state index is 11.8. The fourth-order valence-electron chi connectivity index (χ4n) is 1.56. The number of benzene rings is 1. The van der Waals surface area contributed by atoms with E-state index in [0.29, 0.717) is 10.7 Å². The average Bonchev–Trinajstić information content (AvgIpc) is 2.71. The van der Waals surface area contributed by atoms with Crippen LogP contribution in [0.3, 0.4) is 0 Å². The molecule has 94 valence electrons. The number of carbonyl (C=O) groups excluding carboxylic acids is 1. The van der Waals surface area contributed by atoms with E-state index in [4.69, 9.17) is 16.7 Å². The normalized spacial score (nSPS) is 12.3. The summed E-state index contributed by atoms with van der Waals surface area (Å²) >= 11 is 5.84. The molecule has 0 saturated carbocycles. The van der Waals surface area contributed by atoms with E-state index in [-0.39, 0.29) is 0 Å². The van der Waals surface area contributed by atoms with Gasteiger partial charge in [-0.2, -0.15) is 0 Å². The number of carboxylic acids is 1. The molecule has 1 atom stereocenters. The number of carbonyl (C=O) groups is 2. The van der Waals surface area contributed by atoms with Gasteiger partial charge in [-0.1, -0.05) is 17.7 Å². The smallest absolute Gasteiger partial charge is 0.325 e. The zero-order chi connectivity index (χ0) is 13.3. The van der Waals surface area contributed by atoms with E-state index in [1.807, 2.05) is 0 Å². The number of rotatable bonds is 3. The Morgan fingerprint density at radius 2 is 2.11 bits per heavy atom. The first-order valence-corrected chi connectivity index (χ1v) is 5.67. The largest absolute Gasteiger partial charge is 0.480 e. The molecular weight excluding hydrogens is 256 g/mol. The fourth-order valence-corrected chi connectivity index (χ4v) is 1.73. The molecule has 18 heavy (non-hydrogen) atoms. The minimum Gasteiger partial charge on any atom is -0.480 e. The molecule has 0 bridgehead atoms. The number of aromatic nitrogens is 1. The van der Waals surface area contributed by atoms with E-state index in [1.54, 1.807) is 24.3 Å². The van der Waals surface area contributed by atoms with E-state index in [1.165, 1.54) is 6.92 Å². The summed E-state index contributed by atoms with van der Waals surface area (Å²) in [6, 6.07) is 5.92. The second-order valence-corrected chi connectivity index (χ2v) is 4.38. The van der Waals surface area contributed by atoms with Gasteiger partial charge in [0.05, 0.1) is 0 Å². The Bertz CT molecular complexity index is 621. The highest BCUT2D eigenvalue weighted by atomic mass is 35.5. The summed E-state index contributed by atoms with van der Waals surface area (Å²) in [6.07, 6.45) is 0. The van der Waals surface area contributed by atoms with Gasteiger partial charge in [0.15, 0.2) is 0 Å². The zero-order valence-electron chi connectivity index (χ0n) is 9.53. The van der Waals surface area contributed by atoms with Crippen LogP contribution in [0.5, 0.6) is 0 Å². The maximum atomic E-state index is 11.8. The van der Waals surface area contributed by atoms with Gasteiger partial charge in [-0.3, -0.25) is 9.59 Å². The number of nitrogens with one attached hydrogen (secondary N) is 2. The molecule has 0 unspecified atom stereocenters. The number of hydrogen-bond acceptors (Lipinski definition) is 2. The van der Waals surface area contributed by atoms with Gasteiger partial charge in [-0.05, 0) is 25.1 Å². The van der Waals surface area contributed by atoms with E-state index in [9.17, 15) is 9.59 Å². The maximum Gasteiger partial charge on any atom is 0.325 e. The van der Waals surface area contributed by atoms with Crippen LogP contribution in [0.1, 0.15) is 17.4 Å². The Morgan fingerprint density at radius 3 is 2.78 bits per heavy atom. The summed E-state index contributed by atoms with van der Waals surface area (Å²) in [6.45, 7) is 1.40. The van der Waals surface area contributed by atoms with Crippen molar-refractivity contribution in [3.63, 3.8) is 0 Å². The molecule has 0 aliphatic carbocycles. The number of H-pyrrole nitrogens is 1. The first-order chi connectivity index (χ1) is 8.47. The molecule has 0 radical (unpaired) electrons. The molecule has 0 fully saturated rings. The molecule has 0 aliphatic rings. The summed E-state index contributed by atoms with van der Waals surface area (Å²) < 4.78 is 0. The van der Waals surface area contributed by atoms with Gasteiger partial charge >= 0.3 is 5.97 Å². The van der Waals surface area contributed by atoms with E-state index in [2.05, 4.69) is 10.3 Å². The molecule has 5 nitrogen and oxygen atoms in total. The second kappa shape index (κ2) is 4.70.